The Labute approximate surface area is 128 Å². The monoisotopic (exact) mass is 337 g/mol. The van der Waals surface area contributed by atoms with E-state index < -0.39 is 0 Å². The summed E-state index contributed by atoms with van der Waals surface area (Å²) in [4.78, 5) is 1.46. The zero-order chi connectivity index (χ0) is 13.7. The number of hydrogen-bond donors (Lipinski definition) is 1. The van der Waals surface area contributed by atoms with Crippen molar-refractivity contribution in [1.82, 2.24) is 5.32 Å². The number of halogens is 1. The van der Waals surface area contributed by atoms with Gasteiger partial charge in [-0.3, -0.25) is 0 Å². The van der Waals surface area contributed by atoms with Crippen LogP contribution < -0.4 is 5.32 Å². The maximum Gasteiger partial charge on any atom is 0.0701 e. The summed E-state index contributed by atoms with van der Waals surface area (Å²) in [5.41, 5.74) is 2.79. The normalized spacial score (nSPS) is 12.6. The van der Waals surface area contributed by atoms with Crippen LogP contribution in [0.1, 0.15) is 16.0 Å². The van der Waals surface area contributed by atoms with Gasteiger partial charge in [0.2, 0.25) is 0 Å². The van der Waals surface area contributed by atoms with Crippen molar-refractivity contribution in [3.8, 4) is 0 Å². The maximum absolute atomic E-state index is 3.54. The molecule has 2 rings (SSSR count). The van der Waals surface area contributed by atoms with E-state index in [0.29, 0.717) is 5.92 Å². The average Bonchev–Trinajstić information content (AvgIpc) is 2.75. The fraction of sp³-hybridized carbons (Fsp3) is 0.375. The highest BCUT2D eigenvalue weighted by Crippen LogP contribution is 2.25. The molecule has 1 nitrogen and oxygen atoms in total. The molecule has 0 spiro atoms. The Morgan fingerprint density at radius 2 is 2.05 bits per heavy atom. The number of nitrogens with one attached hydrogen (secondary N) is 1. The van der Waals surface area contributed by atoms with Crippen molar-refractivity contribution >= 4 is 27.3 Å². The van der Waals surface area contributed by atoms with Gasteiger partial charge in [0.15, 0.2) is 0 Å². The van der Waals surface area contributed by atoms with E-state index in [-0.39, 0.29) is 0 Å². The van der Waals surface area contributed by atoms with E-state index in [1.54, 1.807) is 0 Å². The summed E-state index contributed by atoms with van der Waals surface area (Å²) in [6.07, 6.45) is 2.28. The topological polar surface area (TPSA) is 12.0 Å². The Kier molecular flexibility index (Phi) is 5.61. The first-order valence-electron chi connectivity index (χ1n) is 6.61. The number of thiophene rings is 1. The predicted octanol–water partition coefficient (Wildman–Crippen LogP) is 4.44. The fourth-order valence-corrected chi connectivity index (χ4v) is 4.02. The zero-order valence-corrected chi connectivity index (χ0v) is 13.9. The van der Waals surface area contributed by atoms with Gasteiger partial charge in [0.1, 0.15) is 0 Å². The van der Waals surface area contributed by atoms with E-state index in [1.165, 1.54) is 19.8 Å². The van der Waals surface area contributed by atoms with Gasteiger partial charge in [0.05, 0.1) is 3.79 Å². The highest BCUT2D eigenvalue weighted by molar-refractivity contribution is 9.11. The Hall–Kier alpha value is -0.640. The first-order valence-corrected chi connectivity index (χ1v) is 8.22. The molecule has 1 unspecified atom stereocenters. The van der Waals surface area contributed by atoms with Crippen molar-refractivity contribution in [1.29, 1.82) is 0 Å². The SMILES string of the molecule is CNCC(Cc1cccc(C)c1)Cc1ccc(Br)s1. The lowest BCUT2D eigenvalue weighted by atomic mass is 9.94. The zero-order valence-electron chi connectivity index (χ0n) is 11.4. The number of aryl methyl sites for hydroxylation is 1. The Balaban J connectivity index is 2.03. The molecule has 0 saturated heterocycles. The lowest BCUT2D eigenvalue weighted by molar-refractivity contribution is 0.496. The summed E-state index contributed by atoms with van der Waals surface area (Å²) in [5.74, 6) is 0.650. The third-order valence-corrected chi connectivity index (χ3v) is 4.86. The largest absolute Gasteiger partial charge is 0.319 e. The molecule has 1 atom stereocenters. The fourth-order valence-electron chi connectivity index (χ4n) is 2.42. The first kappa shape index (κ1) is 14.8. The molecule has 0 aliphatic rings. The van der Waals surface area contributed by atoms with Crippen LogP contribution in [0.15, 0.2) is 40.2 Å². The minimum atomic E-state index is 0.650. The van der Waals surface area contributed by atoms with Crippen LogP contribution in [0.5, 0.6) is 0 Å². The molecule has 19 heavy (non-hydrogen) atoms. The maximum atomic E-state index is 3.54. The van der Waals surface area contributed by atoms with E-state index in [1.807, 2.05) is 18.4 Å². The van der Waals surface area contributed by atoms with Gasteiger partial charge >= 0.3 is 0 Å². The van der Waals surface area contributed by atoms with Gasteiger partial charge in [0, 0.05) is 4.88 Å². The summed E-state index contributed by atoms with van der Waals surface area (Å²) in [5, 5.41) is 3.32. The van der Waals surface area contributed by atoms with Crippen molar-refractivity contribution in [2.45, 2.75) is 19.8 Å². The summed E-state index contributed by atoms with van der Waals surface area (Å²) in [6, 6.07) is 13.2. The third kappa shape index (κ3) is 4.75. The number of benzene rings is 1. The van der Waals surface area contributed by atoms with Gasteiger partial charge in [-0.05, 0) is 72.9 Å². The standard InChI is InChI=1S/C16H20BrNS/c1-12-4-3-5-13(8-12)9-14(11-18-2)10-15-6-7-16(17)19-15/h3-8,14,18H,9-11H2,1-2H3. The van der Waals surface area contributed by atoms with Crippen molar-refractivity contribution in [3.63, 3.8) is 0 Å². The molecule has 1 heterocycles. The van der Waals surface area contributed by atoms with Gasteiger partial charge in [-0.15, -0.1) is 11.3 Å². The second-order valence-electron chi connectivity index (χ2n) is 5.03. The van der Waals surface area contributed by atoms with Crippen molar-refractivity contribution in [2.24, 2.45) is 5.92 Å². The van der Waals surface area contributed by atoms with Crippen LogP contribution in [0.3, 0.4) is 0 Å². The van der Waals surface area contributed by atoms with Crippen LogP contribution in [-0.2, 0) is 12.8 Å². The highest BCUT2D eigenvalue weighted by atomic mass is 79.9. The van der Waals surface area contributed by atoms with Crippen LogP contribution in [0.2, 0.25) is 0 Å². The molecule has 0 fully saturated rings. The second kappa shape index (κ2) is 7.22. The van der Waals surface area contributed by atoms with Gasteiger partial charge < -0.3 is 5.32 Å². The predicted molar refractivity (Wildman–Crippen MR) is 88.0 cm³/mol. The van der Waals surface area contributed by atoms with E-state index >= 15 is 0 Å². The lowest BCUT2D eigenvalue weighted by Gasteiger charge is -2.16. The highest BCUT2D eigenvalue weighted by Gasteiger charge is 2.11. The van der Waals surface area contributed by atoms with Crippen LogP contribution in [-0.4, -0.2) is 13.6 Å². The second-order valence-corrected chi connectivity index (χ2v) is 7.57. The molecule has 1 aromatic carbocycles. The lowest BCUT2D eigenvalue weighted by Crippen LogP contribution is -2.22. The van der Waals surface area contributed by atoms with E-state index in [4.69, 9.17) is 0 Å². The average molecular weight is 338 g/mol. The van der Waals surface area contributed by atoms with Crippen molar-refractivity contribution in [2.75, 3.05) is 13.6 Å². The molecule has 0 saturated carbocycles. The molecule has 0 radical (unpaired) electrons. The van der Waals surface area contributed by atoms with Crippen molar-refractivity contribution in [3.05, 3.63) is 56.2 Å². The van der Waals surface area contributed by atoms with Gasteiger partial charge in [-0.25, -0.2) is 0 Å². The summed E-state index contributed by atoms with van der Waals surface area (Å²) in [7, 11) is 2.04. The van der Waals surface area contributed by atoms with Crippen LogP contribution >= 0.6 is 27.3 Å². The first-order chi connectivity index (χ1) is 9.17. The summed E-state index contributed by atoms with van der Waals surface area (Å²) < 4.78 is 1.22. The van der Waals surface area contributed by atoms with Gasteiger partial charge in [-0.2, -0.15) is 0 Å². The van der Waals surface area contributed by atoms with Crippen LogP contribution in [0.4, 0.5) is 0 Å². The van der Waals surface area contributed by atoms with Crippen LogP contribution in [0, 0.1) is 12.8 Å². The van der Waals surface area contributed by atoms with Crippen LogP contribution in [0.25, 0.3) is 0 Å². The Bertz CT molecular complexity index is 521. The molecule has 102 valence electrons. The molecular weight excluding hydrogens is 318 g/mol. The Morgan fingerprint density at radius 3 is 2.68 bits per heavy atom. The van der Waals surface area contributed by atoms with E-state index in [2.05, 4.69) is 64.6 Å². The molecule has 1 N–H and O–H groups in total. The molecule has 0 amide bonds. The molecule has 0 bridgehead atoms. The Morgan fingerprint density at radius 1 is 1.21 bits per heavy atom. The minimum Gasteiger partial charge on any atom is -0.319 e. The number of rotatable bonds is 6. The quantitative estimate of drug-likeness (QED) is 0.821. The minimum absolute atomic E-state index is 0.650. The smallest absolute Gasteiger partial charge is 0.0701 e. The molecule has 0 aliphatic carbocycles. The molecule has 3 heteroatoms. The van der Waals surface area contributed by atoms with E-state index in [0.717, 1.165) is 19.4 Å². The molecule has 2 aromatic rings. The number of hydrogen-bond acceptors (Lipinski definition) is 2. The molecule has 0 aliphatic heterocycles. The third-order valence-electron chi connectivity index (χ3n) is 3.22. The molecular formula is C16H20BrNS. The van der Waals surface area contributed by atoms with Gasteiger partial charge in [-0.1, -0.05) is 29.8 Å². The van der Waals surface area contributed by atoms with E-state index in [9.17, 15) is 0 Å². The molecule has 1 aromatic heterocycles. The summed E-state index contributed by atoms with van der Waals surface area (Å²) >= 11 is 5.38. The summed E-state index contributed by atoms with van der Waals surface area (Å²) in [6.45, 7) is 3.22. The van der Waals surface area contributed by atoms with Crippen molar-refractivity contribution < 1.29 is 0 Å². The van der Waals surface area contributed by atoms with Gasteiger partial charge in [0.25, 0.3) is 0 Å².